The van der Waals surface area contributed by atoms with Gasteiger partial charge in [-0.2, -0.15) is 0 Å². The highest BCUT2D eigenvalue weighted by atomic mass is 35.5. The molecule has 4 rings (SSSR count). The van der Waals surface area contributed by atoms with Gasteiger partial charge in [0.25, 0.3) is 0 Å². The number of hydrogen-bond acceptors (Lipinski definition) is 4. The topological polar surface area (TPSA) is 44.8 Å². The van der Waals surface area contributed by atoms with Crippen molar-refractivity contribution in [2.45, 2.75) is 18.4 Å². The summed E-state index contributed by atoms with van der Waals surface area (Å²) in [6.07, 6.45) is 1.11. The minimum Gasteiger partial charge on any atom is -0.497 e. The maximum atomic E-state index is 12.4. The average molecular weight is 452 g/mol. The molecule has 2 fully saturated rings. The van der Waals surface area contributed by atoms with Crippen molar-refractivity contribution in [3.8, 4) is 16.9 Å². The van der Waals surface area contributed by atoms with Crippen LogP contribution in [0, 0.1) is 0 Å². The molecule has 2 aromatic carbocycles. The summed E-state index contributed by atoms with van der Waals surface area (Å²) < 4.78 is 5.22. The highest BCUT2D eigenvalue weighted by Crippen LogP contribution is 2.41. The van der Waals surface area contributed by atoms with Gasteiger partial charge in [-0.05, 0) is 42.3 Å². The molecule has 1 N–H and O–H groups in total. The second-order valence-electron chi connectivity index (χ2n) is 7.86. The predicted octanol–water partition coefficient (Wildman–Crippen LogP) is 3.43. The molecule has 2 aromatic rings. The van der Waals surface area contributed by atoms with Crippen LogP contribution < -0.4 is 10.1 Å². The van der Waals surface area contributed by atoms with Gasteiger partial charge in [0.2, 0.25) is 5.91 Å². The van der Waals surface area contributed by atoms with Crippen LogP contribution in [0.3, 0.4) is 0 Å². The number of likely N-dealkylation sites (N-methyl/N-ethyl adjacent to an activating group) is 1. The molecular weight excluding hydrogens is 421 g/mol. The number of piperazine rings is 1. The van der Waals surface area contributed by atoms with Gasteiger partial charge in [-0.1, -0.05) is 36.4 Å². The molecule has 7 heteroatoms. The Morgan fingerprint density at radius 2 is 1.53 bits per heavy atom. The summed E-state index contributed by atoms with van der Waals surface area (Å²) in [4.78, 5) is 16.6. The number of hydrogen-bond donors (Lipinski definition) is 1. The fourth-order valence-corrected chi connectivity index (χ4v) is 3.88. The third kappa shape index (κ3) is 5.88. The van der Waals surface area contributed by atoms with Crippen molar-refractivity contribution in [3.05, 3.63) is 54.1 Å². The van der Waals surface area contributed by atoms with Gasteiger partial charge in [0.1, 0.15) is 5.75 Å². The van der Waals surface area contributed by atoms with Crippen LogP contribution in [-0.4, -0.2) is 68.6 Å². The first-order chi connectivity index (χ1) is 13.6. The first kappa shape index (κ1) is 24.5. The summed E-state index contributed by atoms with van der Waals surface area (Å²) in [5, 5.41) is 3.45. The summed E-state index contributed by atoms with van der Waals surface area (Å²) in [6, 6.07) is 17.4. The number of carbonyl (C=O) groups is 1. The molecule has 1 aliphatic heterocycles. The lowest BCUT2D eigenvalue weighted by atomic mass is 10.0. The Morgan fingerprint density at radius 3 is 2.10 bits per heavy atom. The molecule has 1 amide bonds. The number of nitrogens with one attached hydrogen (secondary N) is 1. The normalized spacial score (nSPS) is 20.7. The van der Waals surface area contributed by atoms with Crippen molar-refractivity contribution in [2.75, 3.05) is 46.9 Å². The van der Waals surface area contributed by atoms with Crippen LogP contribution in [0.5, 0.6) is 5.75 Å². The number of ether oxygens (including phenoxy) is 1. The Labute approximate surface area is 191 Å². The van der Waals surface area contributed by atoms with Crippen LogP contribution in [-0.2, 0) is 4.79 Å². The van der Waals surface area contributed by atoms with Gasteiger partial charge < -0.3 is 19.9 Å². The zero-order chi connectivity index (χ0) is 19.5. The van der Waals surface area contributed by atoms with Crippen molar-refractivity contribution in [1.29, 1.82) is 0 Å². The molecule has 0 radical (unpaired) electrons. The van der Waals surface area contributed by atoms with Gasteiger partial charge in [-0.15, -0.1) is 24.8 Å². The zero-order valence-corrected chi connectivity index (χ0v) is 19.2. The number of nitrogens with zero attached hydrogens (tertiary/aromatic N) is 2. The molecule has 0 aromatic heterocycles. The van der Waals surface area contributed by atoms with Crippen molar-refractivity contribution >= 4 is 30.7 Å². The summed E-state index contributed by atoms with van der Waals surface area (Å²) in [6.45, 7) is 4.08. The van der Waals surface area contributed by atoms with Gasteiger partial charge in [0.05, 0.1) is 13.7 Å². The monoisotopic (exact) mass is 451 g/mol. The van der Waals surface area contributed by atoms with Gasteiger partial charge >= 0.3 is 0 Å². The SMILES string of the molecule is COc1ccc(-c2ccc(C3C[C@@H]3NCC(=O)N3CCN(C)CC3)cc2)cc1.Cl.Cl. The quantitative estimate of drug-likeness (QED) is 0.730. The van der Waals surface area contributed by atoms with Crippen LogP contribution >= 0.6 is 24.8 Å². The van der Waals surface area contributed by atoms with Gasteiger partial charge in [-0.25, -0.2) is 0 Å². The lowest BCUT2D eigenvalue weighted by molar-refractivity contribution is -0.131. The Kier molecular flexibility index (Phi) is 8.98. The third-order valence-corrected chi connectivity index (χ3v) is 5.92. The second-order valence-corrected chi connectivity index (χ2v) is 7.86. The van der Waals surface area contributed by atoms with E-state index in [1.165, 1.54) is 16.7 Å². The Bertz CT molecular complexity index is 806. The number of rotatable bonds is 6. The second kappa shape index (κ2) is 11.0. The highest BCUT2D eigenvalue weighted by molar-refractivity contribution is 5.85. The highest BCUT2D eigenvalue weighted by Gasteiger charge is 2.38. The van der Waals surface area contributed by atoms with Gasteiger partial charge in [0.15, 0.2) is 0 Å². The first-order valence-corrected chi connectivity index (χ1v) is 10.1. The molecule has 0 spiro atoms. The van der Waals surface area contributed by atoms with E-state index in [9.17, 15) is 4.79 Å². The van der Waals surface area contributed by atoms with Crippen molar-refractivity contribution in [3.63, 3.8) is 0 Å². The molecule has 0 bridgehead atoms. The molecule has 1 saturated carbocycles. The number of carbonyl (C=O) groups excluding carboxylic acids is 1. The Balaban J connectivity index is 0.00000160. The van der Waals surface area contributed by atoms with Crippen LogP contribution in [0.15, 0.2) is 48.5 Å². The Morgan fingerprint density at radius 1 is 0.967 bits per heavy atom. The predicted molar refractivity (Wildman–Crippen MR) is 126 cm³/mol. The maximum Gasteiger partial charge on any atom is 0.236 e. The summed E-state index contributed by atoms with van der Waals surface area (Å²) in [7, 11) is 3.79. The molecule has 2 atom stereocenters. The zero-order valence-electron chi connectivity index (χ0n) is 17.5. The van der Waals surface area contributed by atoms with E-state index in [4.69, 9.17) is 4.74 Å². The van der Waals surface area contributed by atoms with E-state index in [0.717, 1.165) is 38.3 Å². The smallest absolute Gasteiger partial charge is 0.236 e. The molecule has 164 valence electrons. The molecule has 1 heterocycles. The number of methoxy groups -OCH3 is 1. The molecule has 2 aliphatic rings. The molecule has 5 nitrogen and oxygen atoms in total. The molecule has 1 unspecified atom stereocenters. The standard InChI is InChI=1S/C23H29N3O2.2ClH/c1-25-11-13-26(14-12-25)23(27)16-24-22-15-21(22)19-5-3-17(4-6-19)18-7-9-20(28-2)10-8-18;;/h3-10,21-22,24H,11-16H2,1-2H3;2*1H/t21?,22-;;/m0../s1. The Hall–Kier alpha value is -1.79. The molecule has 1 saturated heterocycles. The van der Waals surface area contributed by atoms with E-state index < -0.39 is 0 Å². The van der Waals surface area contributed by atoms with Gasteiger partial charge in [-0.3, -0.25) is 4.79 Å². The minimum absolute atomic E-state index is 0. The van der Waals surface area contributed by atoms with E-state index in [-0.39, 0.29) is 30.7 Å². The first-order valence-electron chi connectivity index (χ1n) is 10.1. The van der Waals surface area contributed by atoms with Crippen LogP contribution in [0.1, 0.15) is 17.9 Å². The average Bonchev–Trinajstić information content (AvgIpc) is 3.52. The van der Waals surface area contributed by atoms with E-state index >= 15 is 0 Å². The number of benzene rings is 2. The molecule has 30 heavy (non-hydrogen) atoms. The van der Waals surface area contributed by atoms with Crippen LogP contribution in [0.4, 0.5) is 0 Å². The summed E-state index contributed by atoms with van der Waals surface area (Å²) in [5.41, 5.74) is 3.75. The van der Waals surface area contributed by atoms with Crippen molar-refractivity contribution < 1.29 is 9.53 Å². The fourth-order valence-electron chi connectivity index (χ4n) is 3.88. The van der Waals surface area contributed by atoms with Crippen molar-refractivity contribution in [2.24, 2.45) is 0 Å². The lowest BCUT2D eigenvalue weighted by Crippen LogP contribution is -2.49. The lowest BCUT2D eigenvalue weighted by Gasteiger charge is -2.32. The van der Waals surface area contributed by atoms with Crippen molar-refractivity contribution in [1.82, 2.24) is 15.1 Å². The molecule has 1 aliphatic carbocycles. The number of amides is 1. The third-order valence-electron chi connectivity index (χ3n) is 5.92. The fraction of sp³-hybridized carbons (Fsp3) is 0.435. The summed E-state index contributed by atoms with van der Waals surface area (Å²) in [5.74, 6) is 1.62. The van der Waals surface area contributed by atoms with Gasteiger partial charge in [0, 0.05) is 38.1 Å². The minimum atomic E-state index is 0. The largest absolute Gasteiger partial charge is 0.497 e. The van der Waals surface area contributed by atoms with Crippen LogP contribution in [0.25, 0.3) is 11.1 Å². The van der Waals surface area contributed by atoms with E-state index in [1.54, 1.807) is 7.11 Å². The van der Waals surface area contributed by atoms with E-state index in [0.29, 0.717) is 18.5 Å². The van der Waals surface area contributed by atoms with Crippen LogP contribution in [0.2, 0.25) is 0 Å². The maximum absolute atomic E-state index is 12.4. The number of halogens is 2. The van der Waals surface area contributed by atoms with E-state index in [2.05, 4.69) is 53.7 Å². The van der Waals surface area contributed by atoms with E-state index in [1.807, 2.05) is 17.0 Å². The molecular formula is C23H31Cl2N3O2. The summed E-state index contributed by atoms with van der Waals surface area (Å²) >= 11 is 0.